The van der Waals surface area contributed by atoms with Gasteiger partial charge >= 0.3 is 24.3 Å². The zero-order chi connectivity index (χ0) is 27.5. The Bertz CT molecular complexity index is 1140. The second-order valence-corrected chi connectivity index (χ2v) is 6.25. The third-order valence-electron chi connectivity index (χ3n) is 3.55. The molecule has 0 unspecified atom stereocenters. The van der Waals surface area contributed by atoms with Crippen LogP contribution in [0.3, 0.4) is 0 Å². The summed E-state index contributed by atoms with van der Waals surface area (Å²) >= 11 is 0. The van der Waals surface area contributed by atoms with Crippen LogP contribution in [0.1, 0.15) is 10.4 Å². The molecule has 196 valence electrons. The molecule has 3 rings (SSSR count). The van der Waals surface area contributed by atoms with Gasteiger partial charge in [0.1, 0.15) is 6.61 Å². The summed E-state index contributed by atoms with van der Waals surface area (Å²) in [5.74, 6) is -5.30. The maximum absolute atomic E-state index is 12.2. The SMILES string of the molecule is NCCOc1ccc(C(=O)Nc2ccc3[nH]ncc3c2)cn1.O=C(O)C(F)(F)F.O=C(O)C(F)(F)F. The van der Waals surface area contributed by atoms with E-state index in [4.69, 9.17) is 30.3 Å². The molecule has 0 bridgehead atoms. The maximum Gasteiger partial charge on any atom is 0.490 e. The number of carboxylic acid groups (broad SMARTS) is 2. The zero-order valence-corrected chi connectivity index (χ0v) is 17.7. The molecule has 2 heterocycles. The van der Waals surface area contributed by atoms with Gasteiger partial charge in [-0.05, 0) is 24.3 Å². The second kappa shape index (κ2) is 12.9. The summed E-state index contributed by atoms with van der Waals surface area (Å²) in [5.41, 5.74) is 7.41. The van der Waals surface area contributed by atoms with E-state index in [-0.39, 0.29) is 5.91 Å². The molecule has 0 aliphatic heterocycles. The molecule has 1 amide bonds. The molecule has 0 spiro atoms. The number of halogens is 6. The fourth-order valence-electron chi connectivity index (χ4n) is 1.99. The van der Waals surface area contributed by atoms with Crippen molar-refractivity contribution in [3.63, 3.8) is 0 Å². The van der Waals surface area contributed by atoms with Gasteiger partial charge in [0.25, 0.3) is 5.91 Å². The van der Waals surface area contributed by atoms with Gasteiger partial charge in [-0.3, -0.25) is 9.89 Å². The molecule has 0 aliphatic rings. The van der Waals surface area contributed by atoms with Crippen LogP contribution in [0.5, 0.6) is 5.88 Å². The van der Waals surface area contributed by atoms with E-state index in [1.807, 2.05) is 18.2 Å². The van der Waals surface area contributed by atoms with Crippen molar-refractivity contribution in [2.24, 2.45) is 5.73 Å². The standard InChI is InChI=1S/C15H15N5O2.2C2HF3O2/c16-5-6-22-14-4-1-10(8-17-14)15(21)19-12-2-3-13-11(7-12)9-18-20-13;2*3-2(4,5)1(6)7/h1-4,7-9H,5-6,16H2,(H,18,20)(H,19,21);2*(H,6,7). The van der Waals surface area contributed by atoms with Crippen molar-refractivity contribution < 1.29 is 55.7 Å². The fourth-order valence-corrected chi connectivity index (χ4v) is 1.99. The number of carbonyl (C=O) groups excluding carboxylic acids is 1. The van der Waals surface area contributed by atoms with Crippen LogP contribution in [0.2, 0.25) is 0 Å². The maximum atomic E-state index is 12.2. The third-order valence-corrected chi connectivity index (χ3v) is 3.55. The highest BCUT2D eigenvalue weighted by atomic mass is 19.4. The van der Waals surface area contributed by atoms with Crippen LogP contribution in [-0.4, -0.2) is 68.7 Å². The van der Waals surface area contributed by atoms with Gasteiger partial charge in [0.15, 0.2) is 0 Å². The number of alkyl halides is 6. The summed E-state index contributed by atoms with van der Waals surface area (Å²) in [6.45, 7) is 0.809. The summed E-state index contributed by atoms with van der Waals surface area (Å²) < 4.78 is 68.7. The lowest BCUT2D eigenvalue weighted by atomic mass is 10.2. The first kappa shape index (κ1) is 29.6. The molecule has 2 aromatic heterocycles. The van der Waals surface area contributed by atoms with Crippen LogP contribution in [0, 0.1) is 0 Å². The van der Waals surface area contributed by atoms with Crippen molar-refractivity contribution in [3.8, 4) is 5.88 Å². The highest BCUT2D eigenvalue weighted by molar-refractivity contribution is 6.04. The van der Waals surface area contributed by atoms with Gasteiger partial charge in [-0.2, -0.15) is 31.4 Å². The number of pyridine rings is 1. The van der Waals surface area contributed by atoms with Gasteiger partial charge in [0, 0.05) is 29.9 Å². The molecule has 17 heteroatoms. The van der Waals surface area contributed by atoms with E-state index in [1.165, 1.54) is 6.20 Å². The van der Waals surface area contributed by atoms with Crippen molar-refractivity contribution in [1.82, 2.24) is 15.2 Å². The molecular weight excluding hydrogens is 508 g/mol. The number of aromatic amines is 1. The largest absolute Gasteiger partial charge is 0.490 e. The Morgan fingerprint density at radius 1 is 0.972 bits per heavy atom. The molecule has 0 fully saturated rings. The molecule has 0 saturated carbocycles. The lowest BCUT2D eigenvalue weighted by Gasteiger charge is -2.06. The summed E-state index contributed by atoms with van der Waals surface area (Å²) in [7, 11) is 0. The van der Waals surface area contributed by atoms with E-state index in [1.54, 1.807) is 18.3 Å². The number of fused-ring (bicyclic) bond motifs is 1. The quantitative estimate of drug-likeness (QED) is 0.313. The number of hydrogen-bond donors (Lipinski definition) is 5. The number of H-pyrrole nitrogens is 1. The Morgan fingerprint density at radius 3 is 2.03 bits per heavy atom. The molecule has 0 saturated heterocycles. The molecule has 0 aliphatic carbocycles. The highest BCUT2D eigenvalue weighted by Gasteiger charge is 2.38. The normalized spacial score (nSPS) is 10.9. The monoisotopic (exact) mass is 525 g/mol. The Labute approximate surface area is 196 Å². The first-order valence-corrected chi connectivity index (χ1v) is 9.28. The van der Waals surface area contributed by atoms with Crippen molar-refractivity contribution in [3.05, 3.63) is 48.3 Å². The third kappa shape index (κ3) is 10.2. The Kier molecular flexibility index (Phi) is 10.6. The number of nitrogens with zero attached hydrogens (tertiary/aromatic N) is 2. The van der Waals surface area contributed by atoms with E-state index in [0.29, 0.717) is 30.3 Å². The average Bonchev–Trinajstić information content (AvgIpc) is 3.25. The van der Waals surface area contributed by atoms with Crippen LogP contribution in [0.15, 0.2) is 42.7 Å². The lowest BCUT2D eigenvalue weighted by molar-refractivity contribution is -0.193. The minimum absolute atomic E-state index is 0.235. The molecule has 0 atom stereocenters. The molecule has 3 aromatic rings. The van der Waals surface area contributed by atoms with Crippen molar-refractivity contribution in [2.45, 2.75) is 12.4 Å². The van der Waals surface area contributed by atoms with Gasteiger partial charge in [0.05, 0.1) is 17.3 Å². The number of aliphatic carboxylic acids is 2. The number of nitrogens with one attached hydrogen (secondary N) is 2. The van der Waals surface area contributed by atoms with Gasteiger partial charge in [-0.15, -0.1) is 0 Å². The van der Waals surface area contributed by atoms with Gasteiger partial charge in [-0.25, -0.2) is 14.6 Å². The summed E-state index contributed by atoms with van der Waals surface area (Å²) in [5, 5.41) is 24.8. The first-order valence-electron chi connectivity index (χ1n) is 9.28. The number of carbonyl (C=O) groups is 3. The Hall–Kier alpha value is -4.41. The number of carboxylic acids is 2. The number of hydrogen-bond acceptors (Lipinski definition) is 7. The predicted octanol–water partition coefficient (Wildman–Crippen LogP) is 2.81. The molecular formula is C19H17F6N5O6. The lowest BCUT2D eigenvalue weighted by Crippen LogP contribution is -2.21. The number of amides is 1. The average molecular weight is 525 g/mol. The molecule has 11 nitrogen and oxygen atoms in total. The minimum Gasteiger partial charge on any atom is -0.476 e. The second-order valence-electron chi connectivity index (χ2n) is 6.25. The van der Waals surface area contributed by atoms with Crippen molar-refractivity contribution >= 4 is 34.4 Å². The van der Waals surface area contributed by atoms with Crippen LogP contribution < -0.4 is 15.8 Å². The molecule has 1 aromatic carbocycles. The van der Waals surface area contributed by atoms with E-state index in [2.05, 4.69) is 20.5 Å². The number of rotatable bonds is 5. The van der Waals surface area contributed by atoms with Crippen molar-refractivity contribution in [2.75, 3.05) is 18.5 Å². The number of benzene rings is 1. The topological polar surface area (TPSA) is 181 Å². The van der Waals surface area contributed by atoms with Gasteiger partial charge in [0.2, 0.25) is 5.88 Å². The zero-order valence-electron chi connectivity index (χ0n) is 17.7. The van der Waals surface area contributed by atoms with Crippen LogP contribution in [0.25, 0.3) is 10.9 Å². The number of nitrogens with two attached hydrogens (primary N) is 1. The van der Waals surface area contributed by atoms with Gasteiger partial charge < -0.3 is 26.0 Å². The van der Waals surface area contributed by atoms with Crippen LogP contribution >= 0.6 is 0 Å². The smallest absolute Gasteiger partial charge is 0.476 e. The minimum atomic E-state index is -5.08. The number of ether oxygens (including phenoxy) is 1. The van der Waals surface area contributed by atoms with Crippen molar-refractivity contribution in [1.29, 1.82) is 0 Å². The van der Waals surface area contributed by atoms with Gasteiger partial charge in [-0.1, -0.05) is 0 Å². The Morgan fingerprint density at radius 2 is 1.56 bits per heavy atom. The van der Waals surface area contributed by atoms with Crippen LogP contribution in [-0.2, 0) is 9.59 Å². The molecule has 0 radical (unpaired) electrons. The molecule has 36 heavy (non-hydrogen) atoms. The number of anilines is 1. The van der Waals surface area contributed by atoms with E-state index >= 15 is 0 Å². The molecule has 6 N–H and O–H groups in total. The first-order chi connectivity index (χ1) is 16.6. The summed E-state index contributed by atoms with van der Waals surface area (Å²) in [6, 6.07) is 8.82. The fraction of sp³-hybridized carbons (Fsp3) is 0.211. The van der Waals surface area contributed by atoms with E-state index in [0.717, 1.165) is 10.9 Å². The Balaban J connectivity index is 0.000000383. The van der Waals surface area contributed by atoms with E-state index < -0.39 is 24.3 Å². The summed E-state index contributed by atoms with van der Waals surface area (Å²) in [6.07, 6.45) is -6.99. The number of aromatic nitrogens is 3. The van der Waals surface area contributed by atoms with E-state index in [9.17, 15) is 31.1 Å². The summed E-state index contributed by atoms with van der Waals surface area (Å²) in [4.78, 5) is 34.0. The van der Waals surface area contributed by atoms with Crippen LogP contribution in [0.4, 0.5) is 32.0 Å². The highest BCUT2D eigenvalue weighted by Crippen LogP contribution is 2.18. The predicted molar refractivity (Wildman–Crippen MR) is 110 cm³/mol.